The molecule has 0 aromatic heterocycles. The number of carbonyl (C=O) groups is 1. The van der Waals surface area contributed by atoms with E-state index in [0.29, 0.717) is 0 Å². The summed E-state index contributed by atoms with van der Waals surface area (Å²) in [4.78, 5) is 12.5. The maximum Gasteiger partial charge on any atom is 0.310 e. The fourth-order valence-corrected chi connectivity index (χ4v) is 6.18. The largest absolute Gasteiger partial charge is 0.744 e. The number of epoxide rings is 2. The number of quaternary nitrogens is 1. The number of hydrogen-bond donors (Lipinski definition) is 1. The second kappa shape index (κ2) is 12.1. The Morgan fingerprint density at radius 3 is 2.33 bits per heavy atom. The van der Waals surface area contributed by atoms with E-state index in [1.807, 2.05) is 24.3 Å². The predicted octanol–water partition coefficient (Wildman–Crippen LogP) is 3.31. The van der Waals surface area contributed by atoms with Gasteiger partial charge in [-0.3, -0.25) is 4.79 Å². The first-order valence-corrected chi connectivity index (χ1v) is 14.9. The molecule has 5 rings (SSSR count). The minimum atomic E-state index is -4.25. The van der Waals surface area contributed by atoms with Gasteiger partial charge in [0, 0.05) is 7.11 Å². The van der Waals surface area contributed by atoms with Gasteiger partial charge in [-0.25, -0.2) is 8.42 Å². The van der Waals surface area contributed by atoms with Crippen LogP contribution in [-0.2, 0) is 40.3 Å². The SMILES string of the molecule is COC1C(OC(=O)Cc2ccc([NH3+])cc2)CC[C@]2(CO2)C1[C@@]1(C)O[C@@H]1CC=C(C)C.O=S(=O)([O-])c1ccccc1. The molecule has 40 heavy (non-hydrogen) atoms. The molecule has 0 bridgehead atoms. The number of methoxy groups -OCH3 is 1. The van der Waals surface area contributed by atoms with Gasteiger partial charge in [-0.05, 0) is 69.9 Å². The highest BCUT2D eigenvalue weighted by Gasteiger charge is 2.72. The highest BCUT2D eigenvalue weighted by molar-refractivity contribution is 7.85. The zero-order chi connectivity index (χ0) is 29.1. The van der Waals surface area contributed by atoms with E-state index in [1.54, 1.807) is 13.2 Å². The number of esters is 1. The third-order valence-corrected chi connectivity index (χ3v) is 8.77. The van der Waals surface area contributed by atoms with Crippen LogP contribution in [0.15, 0.2) is 71.1 Å². The lowest BCUT2D eigenvalue weighted by Crippen LogP contribution is -2.55. The van der Waals surface area contributed by atoms with Crippen molar-refractivity contribution in [1.29, 1.82) is 0 Å². The Morgan fingerprint density at radius 1 is 1.15 bits per heavy atom. The van der Waals surface area contributed by atoms with Crippen LogP contribution in [0.3, 0.4) is 0 Å². The first-order valence-electron chi connectivity index (χ1n) is 13.5. The molecule has 2 aromatic rings. The maximum absolute atomic E-state index is 12.7. The number of ether oxygens (including phenoxy) is 4. The zero-order valence-electron chi connectivity index (χ0n) is 23.5. The van der Waals surface area contributed by atoms with E-state index < -0.39 is 10.1 Å². The Labute approximate surface area is 236 Å². The monoisotopic (exact) mass is 573 g/mol. The van der Waals surface area contributed by atoms with Crippen molar-refractivity contribution in [2.75, 3.05) is 13.7 Å². The van der Waals surface area contributed by atoms with Gasteiger partial charge < -0.3 is 29.2 Å². The van der Waals surface area contributed by atoms with E-state index >= 15 is 0 Å². The van der Waals surface area contributed by atoms with Crippen molar-refractivity contribution in [1.82, 2.24) is 0 Å². The molecule has 2 aromatic carbocycles. The highest BCUT2D eigenvalue weighted by Crippen LogP contribution is 2.59. The van der Waals surface area contributed by atoms with Crippen LogP contribution in [0.25, 0.3) is 0 Å². The molecule has 1 spiro atoms. The Morgan fingerprint density at radius 2 is 1.80 bits per heavy atom. The van der Waals surface area contributed by atoms with Crippen molar-refractivity contribution >= 4 is 21.8 Å². The van der Waals surface area contributed by atoms with Crippen molar-refractivity contribution in [2.24, 2.45) is 5.92 Å². The van der Waals surface area contributed by atoms with Crippen LogP contribution in [0.4, 0.5) is 5.69 Å². The van der Waals surface area contributed by atoms with Gasteiger partial charge in [0.1, 0.15) is 39.2 Å². The van der Waals surface area contributed by atoms with Gasteiger partial charge in [-0.15, -0.1) is 0 Å². The molecule has 0 amide bonds. The fraction of sp³-hybridized carbons (Fsp3) is 0.500. The topological polar surface area (TPSA) is 145 Å². The molecule has 2 aliphatic heterocycles. The fourth-order valence-electron chi connectivity index (χ4n) is 5.69. The van der Waals surface area contributed by atoms with Gasteiger partial charge >= 0.3 is 5.97 Å². The Kier molecular flexibility index (Phi) is 9.18. The summed E-state index contributed by atoms with van der Waals surface area (Å²) < 4.78 is 54.9. The molecular formula is C30H39NO8S. The summed E-state index contributed by atoms with van der Waals surface area (Å²) in [5, 5.41) is 0. The number of allylic oxidation sites excluding steroid dienone is 1. The summed E-state index contributed by atoms with van der Waals surface area (Å²) in [6.45, 7) is 7.08. The van der Waals surface area contributed by atoms with E-state index in [4.69, 9.17) is 18.9 Å². The third-order valence-electron chi connectivity index (χ3n) is 7.92. The molecule has 218 valence electrons. The van der Waals surface area contributed by atoms with Crippen molar-refractivity contribution in [2.45, 2.75) is 80.9 Å². The van der Waals surface area contributed by atoms with Crippen LogP contribution in [0.1, 0.15) is 45.6 Å². The lowest BCUT2D eigenvalue weighted by atomic mass is 9.68. The molecular weight excluding hydrogens is 534 g/mol. The van der Waals surface area contributed by atoms with Crippen LogP contribution in [0.2, 0.25) is 0 Å². The van der Waals surface area contributed by atoms with Gasteiger partial charge in [0.15, 0.2) is 0 Å². The quantitative estimate of drug-likeness (QED) is 0.219. The Hall–Kier alpha value is -2.60. The van der Waals surface area contributed by atoms with E-state index in [2.05, 4.69) is 32.6 Å². The molecule has 10 heteroatoms. The molecule has 2 saturated heterocycles. The van der Waals surface area contributed by atoms with Crippen LogP contribution >= 0.6 is 0 Å². The summed E-state index contributed by atoms with van der Waals surface area (Å²) in [5.41, 5.74) is 6.49. The normalized spacial score (nSPS) is 30.6. The predicted molar refractivity (Wildman–Crippen MR) is 147 cm³/mol. The number of benzene rings is 2. The van der Waals surface area contributed by atoms with Gasteiger partial charge in [0.05, 0.1) is 29.9 Å². The van der Waals surface area contributed by atoms with Crippen molar-refractivity contribution in [3.05, 3.63) is 71.8 Å². The van der Waals surface area contributed by atoms with Gasteiger partial charge in [0.2, 0.25) is 0 Å². The average molecular weight is 574 g/mol. The van der Waals surface area contributed by atoms with Crippen LogP contribution < -0.4 is 5.73 Å². The summed E-state index contributed by atoms with van der Waals surface area (Å²) in [5.74, 6) is -0.184. The molecule has 3 unspecified atom stereocenters. The minimum Gasteiger partial charge on any atom is -0.744 e. The van der Waals surface area contributed by atoms with Crippen molar-refractivity contribution in [3.8, 4) is 0 Å². The Balaban J connectivity index is 0.000000312. The highest BCUT2D eigenvalue weighted by atomic mass is 32.2. The molecule has 1 saturated carbocycles. The lowest BCUT2D eigenvalue weighted by molar-refractivity contribution is -0.254. The number of rotatable bonds is 8. The summed E-state index contributed by atoms with van der Waals surface area (Å²) >= 11 is 0. The standard InChI is InChI=1S/C24H33NO5.C6H6O3S/c1-15(2)5-10-19-23(3,30-19)22-21(27-4)18(11-12-24(22)14-28-24)29-20(26)13-16-6-8-17(25)9-7-16;7-10(8,9)6-4-2-1-3-5-6/h5-9,18-19,21-22H,10-14,25H2,1-4H3;1-5H,(H,7,8,9)/t18?,19-,21?,22?,23+,24+;/m1./s1. The number of hydrogen-bond acceptors (Lipinski definition) is 8. The minimum absolute atomic E-state index is 0.0440. The molecule has 6 atom stereocenters. The smallest absolute Gasteiger partial charge is 0.310 e. The summed E-state index contributed by atoms with van der Waals surface area (Å²) in [6.07, 6.45) is 4.56. The molecule has 0 radical (unpaired) electrons. The second-order valence-corrected chi connectivity index (χ2v) is 12.5. The van der Waals surface area contributed by atoms with Crippen LogP contribution in [0.5, 0.6) is 0 Å². The van der Waals surface area contributed by atoms with E-state index in [0.717, 1.165) is 37.1 Å². The van der Waals surface area contributed by atoms with Gasteiger partial charge in [-0.1, -0.05) is 42.0 Å². The summed E-state index contributed by atoms with van der Waals surface area (Å²) in [6, 6.07) is 14.8. The molecule has 3 fully saturated rings. The van der Waals surface area contributed by atoms with Crippen molar-refractivity contribution in [3.63, 3.8) is 0 Å². The number of carbonyl (C=O) groups excluding carboxylic acids is 1. The molecule has 2 heterocycles. The van der Waals surface area contributed by atoms with E-state index in [1.165, 1.54) is 29.8 Å². The van der Waals surface area contributed by atoms with E-state index in [9.17, 15) is 17.8 Å². The zero-order valence-corrected chi connectivity index (χ0v) is 24.3. The van der Waals surface area contributed by atoms with Crippen molar-refractivity contribution < 1.29 is 42.4 Å². The maximum atomic E-state index is 12.7. The van der Waals surface area contributed by atoms with Gasteiger partial charge in [0.25, 0.3) is 0 Å². The lowest BCUT2D eigenvalue weighted by Gasteiger charge is -2.42. The van der Waals surface area contributed by atoms with Crippen LogP contribution in [-0.4, -0.2) is 62.2 Å². The average Bonchev–Trinajstić information content (AvgIpc) is 3.82. The first kappa shape index (κ1) is 30.4. The van der Waals surface area contributed by atoms with Gasteiger partial charge in [-0.2, -0.15) is 0 Å². The molecule has 3 N–H and O–H groups in total. The summed E-state index contributed by atoms with van der Waals surface area (Å²) in [7, 11) is -2.55. The van der Waals surface area contributed by atoms with E-state index in [-0.39, 0.29) is 52.7 Å². The Bertz CT molecular complexity index is 1300. The molecule has 9 nitrogen and oxygen atoms in total. The molecule has 3 aliphatic rings. The third kappa shape index (κ3) is 7.18. The second-order valence-electron chi connectivity index (χ2n) is 11.2. The van der Waals surface area contributed by atoms with Crippen LogP contribution in [0, 0.1) is 5.92 Å². The first-order chi connectivity index (χ1) is 18.9. The molecule has 1 aliphatic carbocycles.